The van der Waals surface area contributed by atoms with Gasteiger partial charge >= 0.3 is 0 Å². The maximum absolute atomic E-state index is 12.0. The van der Waals surface area contributed by atoms with Crippen LogP contribution in [0.25, 0.3) is 0 Å². The molecule has 0 radical (unpaired) electrons. The van der Waals surface area contributed by atoms with Crippen LogP contribution < -0.4 is 10.9 Å². The monoisotopic (exact) mass is 303 g/mol. The Kier molecular flexibility index (Phi) is 4.81. The summed E-state index contributed by atoms with van der Waals surface area (Å²) in [7, 11) is 0. The first-order chi connectivity index (χ1) is 10.0. The van der Waals surface area contributed by atoms with E-state index in [2.05, 4.69) is 30.0 Å². The minimum Gasteiger partial charge on any atom is -0.376 e. The molecule has 1 N–H and O–H groups in total. The minimum atomic E-state index is -0.321. The summed E-state index contributed by atoms with van der Waals surface area (Å²) >= 11 is 6.14. The van der Waals surface area contributed by atoms with Crippen molar-refractivity contribution in [3.8, 4) is 0 Å². The average molecular weight is 304 g/mol. The number of benzene rings is 1. The molecule has 0 aliphatic rings. The number of aryl methyl sites for hydroxylation is 1. The molecule has 0 aliphatic carbocycles. The van der Waals surface area contributed by atoms with Gasteiger partial charge in [-0.3, -0.25) is 4.79 Å². The Hall–Kier alpha value is -2.07. The second kappa shape index (κ2) is 6.59. The largest absolute Gasteiger partial charge is 0.376 e. The zero-order chi connectivity index (χ0) is 15.4. The first-order valence-electron chi connectivity index (χ1n) is 6.73. The molecule has 1 unspecified atom stereocenters. The van der Waals surface area contributed by atoms with E-state index in [0.717, 1.165) is 5.56 Å². The van der Waals surface area contributed by atoms with Crippen LogP contribution in [0.3, 0.4) is 0 Å². The highest BCUT2D eigenvalue weighted by Gasteiger charge is 2.13. The van der Waals surface area contributed by atoms with E-state index in [4.69, 9.17) is 11.6 Å². The van der Waals surface area contributed by atoms with Crippen LogP contribution in [-0.4, -0.2) is 9.78 Å². The maximum Gasteiger partial charge on any atom is 0.287 e. The van der Waals surface area contributed by atoms with Crippen LogP contribution in [0.5, 0.6) is 0 Å². The van der Waals surface area contributed by atoms with Crippen molar-refractivity contribution in [1.82, 2.24) is 9.78 Å². The number of nitrogens with zero attached hydrogens (tertiary/aromatic N) is 2. The highest BCUT2D eigenvalue weighted by Crippen LogP contribution is 2.24. The van der Waals surface area contributed by atoms with Gasteiger partial charge in [0.2, 0.25) is 0 Å². The number of halogens is 1. The summed E-state index contributed by atoms with van der Waals surface area (Å²) in [6.07, 6.45) is 3.18. The van der Waals surface area contributed by atoms with Crippen molar-refractivity contribution in [3.05, 3.63) is 69.6 Å². The Labute approximate surface area is 129 Å². The van der Waals surface area contributed by atoms with Gasteiger partial charge < -0.3 is 5.32 Å². The molecule has 21 heavy (non-hydrogen) atoms. The lowest BCUT2D eigenvalue weighted by Crippen LogP contribution is -2.24. The Balaban J connectivity index is 2.28. The van der Waals surface area contributed by atoms with Gasteiger partial charge in [0.25, 0.3) is 5.56 Å². The zero-order valence-electron chi connectivity index (χ0n) is 12.1. The molecule has 2 rings (SSSR count). The van der Waals surface area contributed by atoms with Gasteiger partial charge in [0, 0.05) is 6.04 Å². The molecule has 5 heteroatoms. The Morgan fingerprint density at radius 1 is 1.48 bits per heavy atom. The average Bonchev–Trinajstić information content (AvgIpc) is 2.47. The molecular formula is C16H18ClN3O. The second-order valence-corrected chi connectivity index (χ2v) is 5.25. The molecule has 0 amide bonds. The maximum atomic E-state index is 12.0. The summed E-state index contributed by atoms with van der Waals surface area (Å²) in [4.78, 5) is 12.0. The Bertz CT molecular complexity index is 709. The fourth-order valence-corrected chi connectivity index (χ4v) is 2.40. The summed E-state index contributed by atoms with van der Waals surface area (Å²) in [6.45, 7) is 8.00. The summed E-state index contributed by atoms with van der Waals surface area (Å²) in [5.41, 5.74) is 2.56. The number of rotatable bonds is 5. The summed E-state index contributed by atoms with van der Waals surface area (Å²) in [6, 6.07) is 8.11. The van der Waals surface area contributed by atoms with Crippen LogP contribution in [0, 0.1) is 6.92 Å². The summed E-state index contributed by atoms with van der Waals surface area (Å²) < 4.78 is 1.28. The van der Waals surface area contributed by atoms with Gasteiger partial charge in [0.05, 0.1) is 18.4 Å². The molecule has 2 aromatic rings. The van der Waals surface area contributed by atoms with E-state index in [0.29, 0.717) is 12.2 Å². The summed E-state index contributed by atoms with van der Waals surface area (Å²) in [5, 5.41) is 7.47. The number of hydrogen-bond acceptors (Lipinski definition) is 3. The van der Waals surface area contributed by atoms with E-state index in [9.17, 15) is 4.79 Å². The van der Waals surface area contributed by atoms with Crippen LogP contribution in [0.1, 0.15) is 24.1 Å². The number of nitrogens with one attached hydrogen (secondary N) is 1. The normalized spacial score (nSPS) is 12.0. The van der Waals surface area contributed by atoms with Crippen molar-refractivity contribution in [2.24, 2.45) is 0 Å². The third-order valence-corrected chi connectivity index (χ3v) is 3.68. The van der Waals surface area contributed by atoms with Crippen LogP contribution in [0.15, 0.2) is 47.9 Å². The molecule has 1 aromatic carbocycles. The Morgan fingerprint density at radius 2 is 2.19 bits per heavy atom. The molecule has 1 heterocycles. The van der Waals surface area contributed by atoms with Crippen molar-refractivity contribution in [2.75, 3.05) is 5.32 Å². The predicted molar refractivity (Wildman–Crippen MR) is 86.9 cm³/mol. The molecule has 1 aromatic heterocycles. The number of allylic oxidation sites excluding steroid dienone is 1. The lowest BCUT2D eigenvalue weighted by Gasteiger charge is -2.18. The van der Waals surface area contributed by atoms with E-state index in [1.165, 1.54) is 10.2 Å². The molecule has 1 atom stereocenters. The smallest absolute Gasteiger partial charge is 0.287 e. The topological polar surface area (TPSA) is 46.9 Å². The molecular weight excluding hydrogens is 286 g/mol. The highest BCUT2D eigenvalue weighted by atomic mass is 35.5. The fourth-order valence-electron chi connectivity index (χ4n) is 2.20. The van der Waals surface area contributed by atoms with Crippen molar-refractivity contribution in [2.45, 2.75) is 26.4 Å². The van der Waals surface area contributed by atoms with Crippen molar-refractivity contribution < 1.29 is 0 Å². The molecule has 0 aliphatic heterocycles. The van der Waals surface area contributed by atoms with Gasteiger partial charge in [-0.15, -0.1) is 6.58 Å². The quantitative estimate of drug-likeness (QED) is 0.859. The lowest BCUT2D eigenvalue weighted by atomic mass is 10.0. The molecule has 0 spiro atoms. The molecule has 0 saturated carbocycles. The summed E-state index contributed by atoms with van der Waals surface area (Å²) in [5.74, 6) is 0. The Morgan fingerprint density at radius 3 is 2.86 bits per heavy atom. The van der Waals surface area contributed by atoms with E-state index in [1.807, 2.05) is 25.1 Å². The molecule has 4 nitrogen and oxygen atoms in total. The standard InChI is InChI=1S/C16H18ClN3O/c1-4-9-20-16(21)15(17)14(10-18-20)19-12(3)13-8-6-5-7-11(13)2/h4-8,10,12,19H,1,9H2,2-3H3. The minimum absolute atomic E-state index is 0.0279. The van der Waals surface area contributed by atoms with Crippen LogP contribution in [0.2, 0.25) is 5.02 Å². The SMILES string of the molecule is C=CCn1ncc(NC(C)c2ccccc2C)c(Cl)c1=O. The first kappa shape index (κ1) is 15.3. The third kappa shape index (κ3) is 3.34. The van der Waals surface area contributed by atoms with Gasteiger partial charge in [-0.05, 0) is 25.0 Å². The third-order valence-electron chi connectivity index (χ3n) is 3.31. The van der Waals surface area contributed by atoms with Gasteiger partial charge in [0.1, 0.15) is 5.02 Å². The number of anilines is 1. The lowest BCUT2D eigenvalue weighted by molar-refractivity contribution is 0.652. The van der Waals surface area contributed by atoms with Crippen molar-refractivity contribution >= 4 is 17.3 Å². The van der Waals surface area contributed by atoms with E-state index < -0.39 is 0 Å². The highest BCUT2D eigenvalue weighted by molar-refractivity contribution is 6.32. The second-order valence-electron chi connectivity index (χ2n) is 4.87. The van der Waals surface area contributed by atoms with Gasteiger partial charge in [0.15, 0.2) is 0 Å². The van der Waals surface area contributed by atoms with Crippen LogP contribution >= 0.6 is 11.6 Å². The van der Waals surface area contributed by atoms with Gasteiger partial charge in [-0.2, -0.15) is 5.10 Å². The van der Waals surface area contributed by atoms with Crippen molar-refractivity contribution in [1.29, 1.82) is 0 Å². The van der Waals surface area contributed by atoms with E-state index in [1.54, 1.807) is 12.3 Å². The molecule has 0 bridgehead atoms. The van der Waals surface area contributed by atoms with E-state index in [-0.39, 0.29) is 16.6 Å². The zero-order valence-corrected chi connectivity index (χ0v) is 12.9. The van der Waals surface area contributed by atoms with Crippen LogP contribution in [0.4, 0.5) is 5.69 Å². The van der Waals surface area contributed by atoms with Gasteiger partial charge in [-0.25, -0.2) is 4.68 Å². The van der Waals surface area contributed by atoms with Crippen LogP contribution in [-0.2, 0) is 6.54 Å². The predicted octanol–water partition coefficient (Wildman–Crippen LogP) is 3.56. The number of hydrogen-bond donors (Lipinski definition) is 1. The first-order valence-corrected chi connectivity index (χ1v) is 7.11. The van der Waals surface area contributed by atoms with E-state index >= 15 is 0 Å². The molecule has 0 fully saturated rings. The fraction of sp³-hybridized carbons (Fsp3) is 0.250. The molecule has 110 valence electrons. The van der Waals surface area contributed by atoms with Gasteiger partial charge in [-0.1, -0.05) is 41.9 Å². The molecule has 0 saturated heterocycles. The number of aromatic nitrogens is 2. The van der Waals surface area contributed by atoms with Crippen molar-refractivity contribution in [3.63, 3.8) is 0 Å².